The van der Waals surface area contributed by atoms with Gasteiger partial charge in [0.15, 0.2) is 31.0 Å². The van der Waals surface area contributed by atoms with E-state index in [1.807, 2.05) is 55.9 Å². The lowest BCUT2D eigenvalue weighted by atomic mass is 9.83. The van der Waals surface area contributed by atoms with Crippen molar-refractivity contribution in [2.75, 3.05) is 0 Å². The topological polar surface area (TPSA) is 44.0 Å². The van der Waals surface area contributed by atoms with Gasteiger partial charge < -0.3 is 22.8 Å². The highest BCUT2D eigenvalue weighted by molar-refractivity contribution is 6.25. The number of rotatable bonds is 7. The number of fused-ring (bicyclic) bond motifs is 25. The summed E-state index contributed by atoms with van der Waals surface area (Å²) in [7, 11) is 21.3. The maximum absolute atomic E-state index is 8.26. The average molecular weight is 1910 g/mol. The summed E-state index contributed by atoms with van der Waals surface area (Å²) < 4.78 is 70.7. The average Bonchev–Trinajstić information content (AvgIpc) is 1.54. The molecule has 25 aromatic rings. The second-order valence-electron chi connectivity index (χ2n) is 42.2. The Morgan fingerprint density at radius 3 is 0.925 bits per heavy atom. The van der Waals surface area contributed by atoms with Crippen LogP contribution in [0.1, 0.15) is 145 Å². The second kappa shape index (κ2) is 37.5. The number of hydrogen-bond donors (Lipinski definition) is 0. The van der Waals surface area contributed by atoms with Crippen molar-refractivity contribution in [3.05, 3.63) is 389 Å². The Labute approximate surface area is 865 Å². The van der Waals surface area contributed by atoms with Crippen LogP contribution in [0.5, 0.6) is 0 Å². The largest absolute Gasteiger partial charge is 0.338 e. The highest BCUT2D eigenvalue weighted by Crippen LogP contribution is 2.48. The molecular formula is C136H133N10+5. The zero-order valence-corrected chi connectivity index (χ0v) is 87.6. The highest BCUT2D eigenvalue weighted by atomic mass is 15.0. The summed E-state index contributed by atoms with van der Waals surface area (Å²) in [5.41, 5.74) is 37.9. The van der Waals surface area contributed by atoms with Crippen molar-refractivity contribution in [1.29, 1.82) is 0 Å². The summed E-state index contributed by atoms with van der Waals surface area (Å²) in [6.07, 6.45) is 22.9. The zero-order valence-electron chi connectivity index (χ0n) is 93.6. The van der Waals surface area contributed by atoms with Crippen LogP contribution in [-0.4, -0.2) is 22.8 Å². The third-order valence-corrected chi connectivity index (χ3v) is 32.9. The molecule has 0 saturated heterocycles. The summed E-state index contributed by atoms with van der Waals surface area (Å²) in [6.45, 7) is 12.8. The molecule has 2 aliphatic carbocycles. The van der Waals surface area contributed by atoms with Gasteiger partial charge in [0.25, 0.3) is 0 Å². The molecule has 0 radical (unpaired) electrons. The van der Waals surface area contributed by atoms with E-state index in [-0.39, 0.29) is 5.56 Å². The molecule has 0 aliphatic heterocycles. The van der Waals surface area contributed by atoms with Gasteiger partial charge in [0.05, 0.1) is 55.4 Å². The summed E-state index contributed by atoms with van der Waals surface area (Å²) in [5.74, 6) is 1.49. The molecule has 2 fully saturated rings. The molecule has 10 nitrogen and oxygen atoms in total. The van der Waals surface area contributed by atoms with E-state index < -0.39 is 13.7 Å². The number of pyridine rings is 5. The number of aromatic nitrogens is 10. The molecule has 27 rings (SSSR count). The molecule has 10 heterocycles. The van der Waals surface area contributed by atoms with Crippen LogP contribution in [-0.2, 0) is 70.5 Å². The lowest BCUT2D eigenvalue weighted by Gasteiger charge is -2.22. The Morgan fingerprint density at radius 1 is 0.219 bits per heavy atom. The quantitative estimate of drug-likeness (QED) is 0.143. The first kappa shape index (κ1) is 87.0. The fraction of sp³-hybridized carbons (Fsp3) is 0.228. The second-order valence-corrected chi connectivity index (χ2v) is 42.2. The highest BCUT2D eigenvalue weighted by Gasteiger charge is 2.33. The minimum absolute atomic E-state index is 0.287. The molecule has 0 atom stereocenters. The number of benzene rings is 15. The molecule has 0 amide bonds. The zero-order chi connectivity index (χ0) is 106. The van der Waals surface area contributed by atoms with E-state index in [2.05, 4.69) is 419 Å². The summed E-state index contributed by atoms with van der Waals surface area (Å²) in [5, 5.41) is 25.1. The molecule has 0 N–H and O–H groups in total. The van der Waals surface area contributed by atoms with Crippen LogP contribution in [0.3, 0.4) is 0 Å². The maximum Gasteiger partial charge on any atom is 0.237 e. The minimum Gasteiger partial charge on any atom is -0.338 e. The van der Waals surface area contributed by atoms with Gasteiger partial charge in [-0.15, -0.1) is 0 Å². The van der Waals surface area contributed by atoms with Crippen molar-refractivity contribution in [3.63, 3.8) is 0 Å². The van der Waals surface area contributed by atoms with Gasteiger partial charge in [-0.1, -0.05) is 291 Å². The lowest BCUT2D eigenvalue weighted by Crippen LogP contribution is -2.32. The van der Waals surface area contributed by atoms with Crippen LogP contribution in [0.15, 0.2) is 322 Å². The van der Waals surface area contributed by atoms with Crippen molar-refractivity contribution in [1.82, 2.24) is 22.8 Å². The van der Waals surface area contributed by atoms with Crippen LogP contribution >= 0.6 is 0 Å². The Morgan fingerprint density at radius 2 is 0.514 bits per heavy atom. The Balaban J connectivity index is 0.000000104. The number of hydrogen-bond acceptors (Lipinski definition) is 0. The normalized spacial score (nSPS) is 14.0. The molecule has 2 aliphatic rings. The van der Waals surface area contributed by atoms with Gasteiger partial charge in [-0.25, -0.2) is 0 Å². The number of nitrogens with zero attached hydrogens (tertiary/aromatic N) is 10. The predicted molar refractivity (Wildman–Crippen MR) is 617 cm³/mol. The molecule has 722 valence electrons. The van der Waals surface area contributed by atoms with Crippen molar-refractivity contribution >= 4 is 163 Å². The van der Waals surface area contributed by atoms with Gasteiger partial charge in [-0.05, 0) is 203 Å². The number of aryl methyl sites for hydroxylation is 20. The molecule has 146 heavy (non-hydrogen) atoms. The SMILES string of the molecule is Cc1ccc(-c2c3c(c(C)c[n+]2C)c2ccc4ccccc4c2n3C)c(C)c1.Cc1ccc2c(ccc3c4cc[n+](C)c(-c5ccccc5C)c4n(C)c23)c1.Cc1ccccc1-c1c2c(cc[n+]1C)c1ccc3cc(C4CCCC4)ccc3c1n2C.Cc1ccccc1-c1c2c(cc[n+]1C)c1ccc3cc(C4CCCCC4)ccc3c1n2C.[2H]C([2H])([2H])c1ccc(-c2c3c(c(C([2H])([2H])[2H])c[n+]2C)c2ccc4ccccc4c2n3C)c(C)c1. The maximum atomic E-state index is 8.26. The minimum atomic E-state index is -2.30. The van der Waals surface area contributed by atoms with Gasteiger partial charge >= 0.3 is 0 Å². The fourth-order valence-electron chi connectivity index (χ4n) is 25.8. The van der Waals surface area contributed by atoms with E-state index in [0.29, 0.717) is 10.9 Å². The van der Waals surface area contributed by atoms with E-state index in [1.165, 1.54) is 283 Å². The van der Waals surface area contributed by atoms with Crippen LogP contribution in [0, 0.1) is 69.1 Å². The first-order chi connectivity index (χ1) is 73.2. The van der Waals surface area contributed by atoms with Crippen LogP contribution in [0.25, 0.3) is 219 Å². The van der Waals surface area contributed by atoms with Gasteiger partial charge in [-0.2, -0.15) is 22.8 Å². The molecule has 2 saturated carbocycles. The summed E-state index contributed by atoms with van der Waals surface area (Å²) in [4.78, 5) is 0. The molecule has 0 spiro atoms. The first-order valence-electron chi connectivity index (χ1n) is 55.2. The van der Waals surface area contributed by atoms with Gasteiger partial charge in [-0.3, -0.25) is 0 Å². The molecule has 15 aromatic carbocycles. The third-order valence-electron chi connectivity index (χ3n) is 32.9. The molecular weight excluding hydrogens is 1770 g/mol. The third kappa shape index (κ3) is 15.8. The standard InChI is InChI=1S/C30H31N2.C29H29N2.2C26H25N2.C25H23N2/c1-20-9-7-8-12-24(20)29-30-27(17-18-31(29)2)26-16-14-23-19-22(21-10-5-4-6-11-21)13-15-25(23)28(26)32(30)3;1-19-8-4-7-11-23(19)28-29-26(16-17-30(28)2)25-15-13-22-18-21(20-9-5-6-10-20)12-14-24(22)27(25)31(29)3;2*1-16-10-12-20(17(2)14-16)25-26-23(18(3)15-27(25)4)22-13-11-19-8-6-7-9-21(19)24(22)28(26)5;1-16-9-11-20-18(15-16)10-12-21-22-13-14-26(3)24(25(22)27(4)23(20)21)19-8-6-5-7-17(19)2/h7-9,12-19,21H,4-6,10-11H2,1-3H3;4,7-8,11-18,20H,5-6,9-10H2,1-3H3;2*6-15H,1-5H3;5-15H,1-4H3/q5*+1/i;;1D3,3D3;;. The van der Waals surface area contributed by atoms with Crippen molar-refractivity contribution in [3.8, 4) is 56.3 Å². The molecule has 10 aromatic heterocycles. The Kier molecular flexibility index (Phi) is 22.3. The monoisotopic (exact) mass is 1910 g/mol. The van der Waals surface area contributed by atoms with E-state index in [0.717, 1.165) is 55.8 Å². The summed E-state index contributed by atoms with van der Waals surface area (Å²) >= 11 is 0. The fourth-order valence-corrected chi connectivity index (χ4v) is 25.8. The molecule has 10 heteroatoms. The van der Waals surface area contributed by atoms with E-state index in [1.54, 1.807) is 18.3 Å². The van der Waals surface area contributed by atoms with Crippen molar-refractivity contribution < 1.29 is 31.1 Å². The van der Waals surface area contributed by atoms with E-state index >= 15 is 0 Å². The Bertz CT molecular complexity index is 9950. The van der Waals surface area contributed by atoms with Crippen LogP contribution in [0.4, 0.5) is 0 Å². The smallest absolute Gasteiger partial charge is 0.237 e. The lowest BCUT2D eigenvalue weighted by molar-refractivity contribution is -0.659. The summed E-state index contributed by atoms with van der Waals surface area (Å²) in [6, 6.07) is 105. The van der Waals surface area contributed by atoms with Crippen LogP contribution in [0.2, 0.25) is 0 Å². The van der Waals surface area contributed by atoms with Gasteiger partial charge in [0, 0.05) is 154 Å². The van der Waals surface area contributed by atoms with Crippen molar-refractivity contribution in [2.45, 2.75) is 139 Å². The van der Waals surface area contributed by atoms with E-state index in [4.69, 9.17) is 8.22 Å². The first-order valence-corrected chi connectivity index (χ1v) is 52.2. The van der Waals surface area contributed by atoms with E-state index in [9.17, 15) is 0 Å². The molecule has 0 unspecified atom stereocenters. The molecule has 0 bridgehead atoms. The van der Waals surface area contributed by atoms with Crippen molar-refractivity contribution in [2.24, 2.45) is 70.5 Å². The van der Waals surface area contributed by atoms with Gasteiger partial charge in [0.1, 0.15) is 62.8 Å². The van der Waals surface area contributed by atoms with Gasteiger partial charge in [0.2, 0.25) is 28.5 Å². The Hall–Kier alpha value is -15.7. The predicted octanol–water partition coefficient (Wildman–Crippen LogP) is 31.7. The van der Waals surface area contributed by atoms with Crippen LogP contribution < -0.4 is 22.8 Å².